The lowest BCUT2D eigenvalue weighted by atomic mass is 9.74. The number of hydrogen-bond acceptors (Lipinski definition) is 5. The van der Waals surface area contributed by atoms with Crippen molar-refractivity contribution >= 4 is 11.6 Å². The maximum absolute atomic E-state index is 13.8. The first-order valence-corrected chi connectivity index (χ1v) is 12.9. The Morgan fingerprint density at radius 1 is 1.08 bits per heavy atom. The predicted octanol–water partition coefficient (Wildman–Crippen LogP) is 4.16. The predicted molar refractivity (Wildman–Crippen MR) is 143 cm³/mol. The average molecular weight is 515 g/mol. The summed E-state index contributed by atoms with van der Waals surface area (Å²) < 4.78 is 27.5. The third-order valence-corrected chi connectivity index (χ3v) is 7.31. The monoisotopic (exact) mass is 514 g/mol. The molecule has 2 atom stereocenters. The van der Waals surface area contributed by atoms with Gasteiger partial charge >= 0.3 is 0 Å². The molecule has 37 heavy (non-hydrogen) atoms. The Kier molecular flexibility index (Phi) is 9.42. The number of aliphatic hydroxyl groups is 1. The van der Waals surface area contributed by atoms with E-state index in [0.29, 0.717) is 5.56 Å². The van der Waals surface area contributed by atoms with Gasteiger partial charge in [-0.25, -0.2) is 8.78 Å². The lowest BCUT2D eigenvalue weighted by molar-refractivity contribution is -0.128. The molecule has 2 aromatic rings. The molecule has 0 aromatic heterocycles. The third-order valence-electron chi connectivity index (χ3n) is 7.31. The summed E-state index contributed by atoms with van der Waals surface area (Å²) in [7, 11) is 3.28. The van der Waals surface area contributed by atoms with Crippen molar-refractivity contribution in [1.82, 2.24) is 16.1 Å². The normalized spacial score (nSPS) is 19.7. The second-order valence-electron chi connectivity index (χ2n) is 11.0. The Morgan fingerprint density at radius 3 is 2.30 bits per heavy atom. The number of benzene rings is 2. The standard InChI is InChI=1S/C29H40F2N4O2/c1-28(2,3)20-7-6-8-21(16-20)29(11-9-24(10-12-29)35-33-5)34-18-26(36)25(27(37)32-4)15-19-13-22(30)17-23(31)14-19/h6-8,13-14,16-17,25-26,33-34,36H,9-12,15,18H2,1-5H3,(H,32,37). The van der Waals surface area contributed by atoms with E-state index in [0.717, 1.165) is 43.0 Å². The van der Waals surface area contributed by atoms with Crippen LogP contribution in [0.5, 0.6) is 0 Å². The van der Waals surface area contributed by atoms with Crippen LogP contribution in [0.3, 0.4) is 0 Å². The lowest BCUT2D eigenvalue weighted by Gasteiger charge is -2.41. The molecule has 2 unspecified atom stereocenters. The zero-order chi connectivity index (χ0) is 27.2. The maximum atomic E-state index is 13.8. The molecule has 1 fully saturated rings. The van der Waals surface area contributed by atoms with E-state index in [-0.39, 0.29) is 24.3 Å². The zero-order valence-electron chi connectivity index (χ0n) is 22.5. The number of carbonyl (C=O) groups is 1. The van der Waals surface area contributed by atoms with E-state index < -0.39 is 29.2 Å². The number of carbonyl (C=O) groups excluding carboxylic acids is 1. The fourth-order valence-electron chi connectivity index (χ4n) is 5.10. The molecule has 0 heterocycles. The summed E-state index contributed by atoms with van der Waals surface area (Å²) in [6.45, 7) is 6.68. The number of nitrogens with one attached hydrogen (secondary N) is 3. The molecule has 1 amide bonds. The Labute approximate surface area is 218 Å². The van der Waals surface area contributed by atoms with E-state index >= 15 is 0 Å². The first-order valence-electron chi connectivity index (χ1n) is 12.9. The smallest absolute Gasteiger partial charge is 0.225 e. The summed E-state index contributed by atoms with van der Waals surface area (Å²) in [4.78, 5) is 12.7. The van der Waals surface area contributed by atoms with Crippen molar-refractivity contribution in [2.75, 3.05) is 20.6 Å². The van der Waals surface area contributed by atoms with Gasteiger partial charge in [0.2, 0.25) is 5.91 Å². The quantitative estimate of drug-likeness (QED) is 0.379. The van der Waals surface area contributed by atoms with Crippen LogP contribution in [0.2, 0.25) is 0 Å². The number of hydrazone groups is 1. The van der Waals surface area contributed by atoms with E-state index in [2.05, 4.69) is 66.2 Å². The molecule has 0 bridgehead atoms. The second kappa shape index (κ2) is 12.1. The first kappa shape index (κ1) is 28.7. The number of aliphatic hydroxyl groups excluding tert-OH is 1. The number of halogens is 2. The van der Waals surface area contributed by atoms with Gasteiger partial charge in [-0.3, -0.25) is 4.79 Å². The van der Waals surface area contributed by atoms with Gasteiger partial charge < -0.3 is 21.2 Å². The number of nitrogens with zero attached hydrogens (tertiary/aromatic N) is 1. The Morgan fingerprint density at radius 2 is 1.73 bits per heavy atom. The molecule has 1 saturated carbocycles. The number of hydrogen-bond donors (Lipinski definition) is 4. The SMILES string of the molecule is CNN=C1CCC(NCC(O)C(Cc2cc(F)cc(F)c2)C(=O)NC)(c2cccc(C(C)(C)C)c2)CC1. The van der Waals surface area contributed by atoms with Crippen LogP contribution >= 0.6 is 0 Å². The molecule has 0 spiro atoms. The van der Waals surface area contributed by atoms with Crippen LogP contribution in [0.1, 0.15) is 63.1 Å². The molecule has 0 aliphatic heterocycles. The van der Waals surface area contributed by atoms with Crippen molar-refractivity contribution in [3.8, 4) is 0 Å². The van der Waals surface area contributed by atoms with Crippen molar-refractivity contribution in [2.24, 2.45) is 11.0 Å². The summed E-state index contributed by atoms with van der Waals surface area (Å²) in [5, 5.41) is 21.8. The number of amides is 1. The molecule has 2 aromatic carbocycles. The van der Waals surface area contributed by atoms with Crippen molar-refractivity contribution < 1.29 is 18.7 Å². The molecule has 8 heteroatoms. The van der Waals surface area contributed by atoms with Gasteiger partial charge in [0.25, 0.3) is 0 Å². The maximum Gasteiger partial charge on any atom is 0.225 e. The minimum Gasteiger partial charge on any atom is -0.391 e. The largest absolute Gasteiger partial charge is 0.391 e. The van der Waals surface area contributed by atoms with Gasteiger partial charge in [-0.15, -0.1) is 0 Å². The van der Waals surface area contributed by atoms with E-state index in [1.165, 1.54) is 24.7 Å². The van der Waals surface area contributed by atoms with Crippen molar-refractivity contribution in [2.45, 2.75) is 69.9 Å². The molecule has 6 nitrogen and oxygen atoms in total. The van der Waals surface area contributed by atoms with E-state index in [4.69, 9.17) is 0 Å². The highest BCUT2D eigenvalue weighted by Crippen LogP contribution is 2.38. The van der Waals surface area contributed by atoms with E-state index in [1.807, 2.05) is 0 Å². The van der Waals surface area contributed by atoms with E-state index in [9.17, 15) is 18.7 Å². The van der Waals surface area contributed by atoms with Crippen LogP contribution in [-0.2, 0) is 22.2 Å². The molecular weight excluding hydrogens is 474 g/mol. The summed E-state index contributed by atoms with van der Waals surface area (Å²) in [6.07, 6.45) is 2.11. The Hall–Kier alpha value is -2.84. The van der Waals surface area contributed by atoms with Crippen LogP contribution in [0, 0.1) is 17.6 Å². The highest BCUT2D eigenvalue weighted by Gasteiger charge is 2.38. The summed E-state index contributed by atoms with van der Waals surface area (Å²) in [6, 6.07) is 11.7. The van der Waals surface area contributed by atoms with Gasteiger partial charge in [0.1, 0.15) is 11.6 Å². The zero-order valence-corrected chi connectivity index (χ0v) is 22.5. The fourth-order valence-corrected chi connectivity index (χ4v) is 5.10. The topological polar surface area (TPSA) is 85.8 Å². The summed E-state index contributed by atoms with van der Waals surface area (Å²) in [5.74, 6) is -2.68. The van der Waals surface area contributed by atoms with Crippen LogP contribution < -0.4 is 16.1 Å². The second-order valence-corrected chi connectivity index (χ2v) is 11.0. The molecule has 1 aliphatic rings. The highest BCUT2D eigenvalue weighted by atomic mass is 19.1. The fraction of sp³-hybridized carbons (Fsp3) is 0.517. The lowest BCUT2D eigenvalue weighted by Crippen LogP contribution is -2.51. The summed E-state index contributed by atoms with van der Waals surface area (Å²) >= 11 is 0. The average Bonchev–Trinajstić information content (AvgIpc) is 2.85. The van der Waals surface area contributed by atoms with Gasteiger partial charge in [-0.1, -0.05) is 45.0 Å². The summed E-state index contributed by atoms with van der Waals surface area (Å²) in [5.41, 5.74) is 6.23. The van der Waals surface area contributed by atoms with Crippen molar-refractivity contribution in [1.29, 1.82) is 0 Å². The van der Waals surface area contributed by atoms with Gasteiger partial charge in [0.15, 0.2) is 0 Å². The minimum absolute atomic E-state index is 0.0166. The molecule has 0 radical (unpaired) electrons. The molecule has 1 aliphatic carbocycles. The Balaban J connectivity index is 1.86. The van der Waals surface area contributed by atoms with Gasteiger partial charge in [0.05, 0.1) is 12.0 Å². The molecule has 202 valence electrons. The van der Waals surface area contributed by atoms with Gasteiger partial charge in [0, 0.05) is 38.0 Å². The minimum atomic E-state index is -1.07. The third kappa shape index (κ3) is 7.36. The van der Waals surface area contributed by atoms with Crippen LogP contribution in [0.4, 0.5) is 8.78 Å². The highest BCUT2D eigenvalue weighted by molar-refractivity contribution is 5.85. The molecular formula is C29H40F2N4O2. The van der Waals surface area contributed by atoms with Gasteiger partial charge in [-0.2, -0.15) is 5.10 Å². The van der Waals surface area contributed by atoms with Crippen molar-refractivity contribution in [3.05, 3.63) is 70.8 Å². The van der Waals surface area contributed by atoms with Crippen molar-refractivity contribution in [3.63, 3.8) is 0 Å². The van der Waals surface area contributed by atoms with E-state index in [1.54, 1.807) is 7.05 Å². The number of rotatable bonds is 9. The van der Waals surface area contributed by atoms with Crippen LogP contribution in [-0.4, -0.2) is 43.5 Å². The molecule has 3 rings (SSSR count). The first-order chi connectivity index (χ1) is 17.5. The van der Waals surface area contributed by atoms with Gasteiger partial charge in [-0.05, 0) is 66.3 Å². The van der Waals surface area contributed by atoms with Crippen LogP contribution in [0.25, 0.3) is 0 Å². The Bertz CT molecular complexity index is 1080. The molecule has 4 N–H and O–H groups in total. The molecule has 0 saturated heterocycles. The van der Waals surface area contributed by atoms with Crippen LogP contribution in [0.15, 0.2) is 47.6 Å².